The van der Waals surface area contributed by atoms with Crippen LogP contribution in [-0.2, 0) is 9.59 Å². The molecule has 0 radical (unpaired) electrons. The van der Waals surface area contributed by atoms with Crippen LogP contribution in [0.2, 0.25) is 0 Å². The van der Waals surface area contributed by atoms with Crippen molar-refractivity contribution in [2.75, 3.05) is 16.4 Å². The molecule has 1 aliphatic rings. The SMILES string of the molecule is CC(=O)Nc1ccc(NC(=O)CC2CSc3nc4c(cnn4-c4ccc(C)c(C)c4)c(=O)n32)cc1. The quantitative estimate of drug-likeness (QED) is 0.413. The predicted molar refractivity (Wildman–Crippen MR) is 136 cm³/mol. The fourth-order valence-electron chi connectivity index (χ4n) is 4.09. The van der Waals surface area contributed by atoms with Gasteiger partial charge in [0.25, 0.3) is 5.56 Å². The third-order valence-electron chi connectivity index (χ3n) is 6.02. The minimum absolute atomic E-state index is 0.145. The van der Waals surface area contributed by atoms with Gasteiger partial charge in [0.1, 0.15) is 5.39 Å². The monoisotopic (exact) mass is 488 g/mol. The number of benzene rings is 2. The number of carbonyl (C=O) groups is 2. The molecule has 2 N–H and O–H groups in total. The molecule has 35 heavy (non-hydrogen) atoms. The summed E-state index contributed by atoms with van der Waals surface area (Å²) in [6.45, 7) is 5.52. The van der Waals surface area contributed by atoms with Crippen LogP contribution in [-0.4, -0.2) is 36.9 Å². The van der Waals surface area contributed by atoms with Gasteiger partial charge in [-0.25, -0.2) is 9.67 Å². The topological polar surface area (TPSA) is 111 Å². The molecule has 3 heterocycles. The molecule has 2 aromatic carbocycles. The first-order chi connectivity index (χ1) is 16.8. The van der Waals surface area contributed by atoms with E-state index in [-0.39, 0.29) is 29.8 Å². The summed E-state index contributed by atoms with van der Waals surface area (Å²) in [5, 5.41) is 11.0. The molecule has 178 valence electrons. The minimum Gasteiger partial charge on any atom is -0.326 e. The van der Waals surface area contributed by atoms with Crippen LogP contribution in [0, 0.1) is 13.8 Å². The van der Waals surface area contributed by atoms with E-state index in [4.69, 9.17) is 4.98 Å². The Balaban J connectivity index is 1.37. The van der Waals surface area contributed by atoms with Crippen LogP contribution in [0.3, 0.4) is 0 Å². The van der Waals surface area contributed by atoms with Crippen molar-refractivity contribution in [3.63, 3.8) is 0 Å². The van der Waals surface area contributed by atoms with Gasteiger partial charge in [-0.2, -0.15) is 5.10 Å². The van der Waals surface area contributed by atoms with E-state index in [0.29, 0.717) is 33.3 Å². The van der Waals surface area contributed by atoms with Gasteiger partial charge < -0.3 is 10.6 Å². The van der Waals surface area contributed by atoms with E-state index in [2.05, 4.69) is 15.7 Å². The van der Waals surface area contributed by atoms with Crippen LogP contribution in [0.1, 0.15) is 30.5 Å². The van der Waals surface area contributed by atoms with Crippen molar-refractivity contribution in [3.8, 4) is 5.69 Å². The Bertz CT molecular complexity index is 1520. The number of fused-ring (bicyclic) bond motifs is 2. The van der Waals surface area contributed by atoms with Crippen molar-refractivity contribution >= 4 is 46.0 Å². The van der Waals surface area contributed by atoms with Gasteiger partial charge in [0.2, 0.25) is 11.8 Å². The molecule has 5 rings (SSSR count). The molecular formula is C25H24N6O3S. The zero-order chi connectivity index (χ0) is 24.7. The van der Waals surface area contributed by atoms with Gasteiger partial charge in [-0.1, -0.05) is 17.8 Å². The lowest BCUT2D eigenvalue weighted by Crippen LogP contribution is -2.27. The second kappa shape index (κ2) is 9.03. The van der Waals surface area contributed by atoms with Gasteiger partial charge in [0, 0.05) is 30.5 Å². The first-order valence-electron chi connectivity index (χ1n) is 11.2. The van der Waals surface area contributed by atoms with E-state index in [1.165, 1.54) is 24.2 Å². The number of anilines is 2. The first kappa shape index (κ1) is 22.9. The highest BCUT2D eigenvalue weighted by Gasteiger charge is 2.29. The molecule has 9 nitrogen and oxygen atoms in total. The number of hydrogen-bond donors (Lipinski definition) is 2. The normalized spacial score (nSPS) is 14.7. The number of thioether (sulfide) groups is 1. The second-order valence-corrected chi connectivity index (χ2v) is 9.59. The summed E-state index contributed by atoms with van der Waals surface area (Å²) in [7, 11) is 0. The molecular weight excluding hydrogens is 464 g/mol. The van der Waals surface area contributed by atoms with E-state index in [0.717, 1.165) is 11.3 Å². The zero-order valence-corrected chi connectivity index (χ0v) is 20.3. The number of aromatic nitrogens is 4. The standard InChI is InChI=1S/C25H24N6O3S/c1-14-4-9-19(10-15(14)2)31-23-21(12-26-31)24(34)30-20(13-35-25(30)29-23)11-22(33)28-18-7-5-17(6-8-18)27-16(3)32/h4-10,12,20H,11,13H2,1-3H3,(H,27,32)(H,28,33). The number of nitrogens with zero attached hydrogens (tertiary/aromatic N) is 4. The molecule has 0 fully saturated rings. The van der Waals surface area contributed by atoms with Crippen LogP contribution < -0.4 is 16.2 Å². The molecule has 1 atom stereocenters. The predicted octanol–water partition coefficient (Wildman–Crippen LogP) is 3.83. The largest absolute Gasteiger partial charge is 0.326 e. The molecule has 0 bridgehead atoms. The number of amides is 2. The number of nitrogens with one attached hydrogen (secondary N) is 2. The summed E-state index contributed by atoms with van der Waals surface area (Å²) >= 11 is 1.46. The maximum Gasteiger partial charge on any atom is 0.265 e. The summed E-state index contributed by atoms with van der Waals surface area (Å²) < 4.78 is 3.30. The summed E-state index contributed by atoms with van der Waals surface area (Å²) in [6, 6.07) is 12.6. The van der Waals surface area contributed by atoms with Crippen LogP contribution >= 0.6 is 11.8 Å². The summed E-state index contributed by atoms with van der Waals surface area (Å²) in [6.07, 6.45) is 1.69. The molecule has 10 heteroatoms. The molecule has 1 unspecified atom stereocenters. The van der Waals surface area contributed by atoms with E-state index in [1.54, 1.807) is 39.7 Å². The highest BCUT2D eigenvalue weighted by Crippen LogP contribution is 2.33. The number of aryl methyl sites for hydroxylation is 2. The lowest BCUT2D eigenvalue weighted by Gasteiger charge is -2.14. The molecule has 2 aromatic heterocycles. The highest BCUT2D eigenvalue weighted by molar-refractivity contribution is 7.99. The lowest BCUT2D eigenvalue weighted by molar-refractivity contribution is -0.117. The zero-order valence-electron chi connectivity index (χ0n) is 19.5. The van der Waals surface area contributed by atoms with Gasteiger partial charge in [-0.3, -0.25) is 19.0 Å². The third kappa shape index (κ3) is 4.44. The smallest absolute Gasteiger partial charge is 0.265 e. The average Bonchev–Trinajstić information content (AvgIpc) is 3.42. The van der Waals surface area contributed by atoms with Gasteiger partial charge in [-0.15, -0.1) is 0 Å². The van der Waals surface area contributed by atoms with Crippen molar-refractivity contribution in [1.29, 1.82) is 0 Å². The highest BCUT2D eigenvalue weighted by atomic mass is 32.2. The van der Waals surface area contributed by atoms with Crippen molar-refractivity contribution < 1.29 is 9.59 Å². The number of hydrogen-bond acceptors (Lipinski definition) is 6. The summed E-state index contributed by atoms with van der Waals surface area (Å²) in [5.74, 6) is 0.223. The van der Waals surface area contributed by atoms with Gasteiger partial charge >= 0.3 is 0 Å². The molecule has 1 aliphatic heterocycles. The maximum atomic E-state index is 13.4. The van der Waals surface area contributed by atoms with E-state index in [1.807, 2.05) is 32.0 Å². The Labute approximate surface area is 205 Å². The number of carbonyl (C=O) groups excluding carboxylic acids is 2. The van der Waals surface area contributed by atoms with Crippen molar-refractivity contribution in [3.05, 3.63) is 70.1 Å². The van der Waals surface area contributed by atoms with E-state index >= 15 is 0 Å². The average molecular weight is 489 g/mol. The Morgan fingerprint density at radius 2 is 1.77 bits per heavy atom. The van der Waals surface area contributed by atoms with Crippen LogP contribution in [0.4, 0.5) is 11.4 Å². The molecule has 0 aliphatic carbocycles. The van der Waals surface area contributed by atoms with Crippen molar-refractivity contribution in [2.45, 2.75) is 38.4 Å². The Morgan fingerprint density at radius 3 is 2.46 bits per heavy atom. The lowest BCUT2D eigenvalue weighted by atomic mass is 10.1. The fraction of sp³-hybridized carbons (Fsp3) is 0.240. The van der Waals surface area contributed by atoms with Crippen LogP contribution in [0.5, 0.6) is 0 Å². The fourth-order valence-corrected chi connectivity index (χ4v) is 5.22. The maximum absolute atomic E-state index is 13.4. The van der Waals surface area contributed by atoms with Crippen LogP contribution in [0.15, 0.2) is 58.6 Å². The Kier molecular flexibility index (Phi) is 5.89. The van der Waals surface area contributed by atoms with E-state index < -0.39 is 0 Å². The molecule has 0 saturated carbocycles. The minimum atomic E-state index is -0.303. The van der Waals surface area contributed by atoms with Gasteiger partial charge in [0.05, 0.1) is 17.9 Å². The molecule has 4 aromatic rings. The van der Waals surface area contributed by atoms with Crippen molar-refractivity contribution in [1.82, 2.24) is 19.3 Å². The van der Waals surface area contributed by atoms with E-state index in [9.17, 15) is 14.4 Å². The summed E-state index contributed by atoms with van der Waals surface area (Å²) in [4.78, 5) is 42.0. The number of rotatable bonds is 5. The summed E-state index contributed by atoms with van der Waals surface area (Å²) in [5.41, 5.74) is 4.76. The molecule has 0 spiro atoms. The Hall–Kier alpha value is -3.92. The molecule has 0 saturated heterocycles. The van der Waals surface area contributed by atoms with Gasteiger partial charge in [0.15, 0.2) is 10.8 Å². The van der Waals surface area contributed by atoms with Gasteiger partial charge in [-0.05, 0) is 61.4 Å². The molecule has 2 amide bonds. The first-order valence-corrected chi connectivity index (χ1v) is 12.2. The Morgan fingerprint density at radius 1 is 1.06 bits per heavy atom. The second-order valence-electron chi connectivity index (χ2n) is 8.61. The van der Waals surface area contributed by atoms with Crippen LogP contribution in [0.25, 0.3) is 16.7 Å². The van der Waals surface area contributed by atoms with Crippen molar-refractivity contribution in [2.24, 2.45) is 0 Å². The third-order valence-corrected chi connectivity index (χ3v) is 7.11.